The van der Waals surface area contributed by atoms with Crippen LogP contribution in [-0.2, 0) is 15.6 Å². The van der Waals surface area contributed by atoms with Gasteiger partial charge in [0.2, 0.25) is 10.0 Å². The maximum atomic E-state index is 14.0. The third-order valence-electron chi connectivity index (χ3n) is 5.56. The average Bonchev–Trinajstić information content (AvgIpc) is 3.26. The van der Waals surface area contributed by atoms with Gasteiger partial charge in [-0.1, -0.05) is 12.1 Å². The fraction of sp³-hybridized carbons (Fsp3) is 0.444. The number of aliphatic hydroxyl groups is 1. The van der Waals surface area contributed by atoms with Gasteiger partial charge in [-0.15, -0.1) is 0 Å². The summed E-state index contributed by atoms with van der Waals surface area (Å²) in [6, 6.07) is 8.86. The van der Waals surface area contributed by atoms with Crippen molar-refractivity contribution in [2.24, 2.45) is 11.8 Å². The quantitative estimate of drug-likeness (QED) is 0.908. The van der Waals surface area contributed by atoms with Gasteiger partial charge in [0.25, 0.3) is 0 Å². The molecular formula is C18H20FNO4S. The lowest BCUT2D eigenvalue weighted by Crippen LogP contribution is -2.42. The molecule has 1 aliphatic carbocycles. The van der Waals surface area contributed by atoms with Gasteiger partial charge >= 0.3 is 0 Å². The Labute approximate surface area is 146 Å². The maximum Gasteiger partial charge on any atom is 0.246 e. The van der Waals surface area contributed by atoms with E-state index in [4.69, 9.17) is 4.42 Å². The number of hydrogen-bond acceptors (Lipinski definition) is 4. The summed E-state index contributed by atoms with van der Waals surface area (Å²) in [5.41, 5.74) is -1.17. The first kappa shape index (κ1) is 16.8. The van der Waals surface area contributed by atoms with E-state index in [1.807, 2.05) is 0 Å². The lowest BCUT2D eigenvalue weighted by molar-refractivity contribution is -0.0795. The number of benzene rings is 1. The van der Waals surface area contributed by atoms with Crippen molar-refractivity contribution >= 4 is 10.0 Å². The Hall–Kier alpha value is -1.70. The number of fused-ring (bicyclic) bond motifs is 1. The summed E-state index contributed by atoms with van der Waals surface area (Å²) < 4.78 is 46.5. The molecule has 2 fully saturated rings. The van der Waals surface area contributed by atoms with Crippen LogP contribution in [0.5, 0.6) is 0 Å². The summed E-state index contributed by atoms with van der Waals surface area (Å²) in [4.78, 5) is -0.310. The molecule has 25 heavy (non-hydrogen) atoms. The summed E-state index contributed by atoms with van der Waals surface area (Å²) in [6.45, 7) is 0.461. The van der Waals surface area contributed by atoms with E-state index in [1.165, 1.54) is 28.8 Å². The molecule has 2 aliphatic rings. The Morgan fingerprint density at radius 3 is 2.72 bits per heavy atom. The second kappa shape index (κ2) is 5.93. The molecule has 1 aromatic carbocycles. The van der Waals surface area contributed by atoms with Crippen LogP contribution < -0.4 is 0 Å². The van der Waals surface area contributed by atoms with Crippen molar-refractivity contribution in [3.8, 4) is 0 Å². The maximum absolute atomic E-state index is 14.0. The van der Waals surface area contributed by atoms with Crippen LogP contribution in [0.4, 0.5) is 4.39 Å². The molecular weight excluding hydrogens is 345 g/mol. The highest BCUT2D eigenvalue weighted by Gasteiger charge is 2.53. The summed E-state index contributed by atoms with van der Waals surface area (Å²) >= 11 is 0. The number of hydrogen-bond donors (Lipinski definition) is 1. The summed E-state index contributed by atoms with van der Waals surface area (Å²) in [7, 11) is -3.93. The Kier molecular flexibility index (Phi) is 3.97. The Morgan fingerprint density at radius 1 is 1.20 bits per heavy atom. The summed E-state index contributed by atoms with van der Waals surface area (Å²) in [5, 5.41) is 11.2. The molecule has 1 aliphatic heterocycles. The van der Waals surface area contributed by atoms with Crippen LogP contribution in [0.2, 0.25) is 0 Å². The molecule has 3 atom stereocenters. The molecule has 3 unspecified atom stereocenters. The van der Waals surface area contributed by atoms with Gasteiger partial charge in [0.15, 0.2) is 0 Å². The predicted octanol–water partition coefficient (Wildman–Crippen LogP) is 2.73. The van der Waals surface area contributed by atoms with Crippen LogP contribution >= 0.6 is 0 Å². The van der Waals surface area contributed by atoms with E-state index in [2.05, 4.69) is 0 Å². The number of sulfonamides is 1. The van der Waals surface area contributed by atoms with Crippen LogP contribution in [0.1, 0.15) is 25.0 Å². The molecule has 0 spiro atoms. The summed E-state index contributed by atoms with van der Waals surface area (Å²) in [5.74, 6) is -0.495. The van der Waals surface area contributed by atoms with Crippen molar-refractivity contribution in [1.82, 2.24) is 4.31 Å². The van der Waals surface area contributed by atoms with Crippen molar-refractivity contribution in [2.75, 3.05) is 13.1 Å². The van der Waals surface area contributed by atoms with E-state index < -0.39 is 21.4 Å². The van der Waals surface area contributed by atoms with Gasteiger partial charge in [-0.3, -0.25) is 0 Å². The van der Waals surface area contributed by atoms with Crippen LogP contribution in [0.15, 0.2) is 52.0 Å². The zero-order valence-corrected chi connectivity index (χ0v) is 14.5. The van der Waals surface area contributed by atoms with Crippen molar-refractivity contribution in [1.29, 1.82) is 0 Å². The average molecular weight is 365 g/mol. The van der Waals surface area contributed by atoms with Gasteiger partial charge in [0, 0.05) is 19.0 Å². The molecule has 0 radical (unpaired) electrons. The minimum absolute atomic E-state index is 0.0328. The largest absolute Gasteiger partial charge is 0.466 e. The second-order valence-electron chi connectivity index (χ2n) is 6.91. The van der Waals surface area contributed by atoms with E-state index in [-0.39, 0.29) is 23.3 Å². The first-order valence-electron chi connectivity index (χ1n) is 8.44. The first-order chi connectivity index (χ1) is 11.9. The fourth-order valence-corrected chi connectivity index (χ4v) is 5.89. The van der Waals surface area contributed by atoms with Crippen LogP contribution in [-0.4, -0.2) is 30.9 Å². The standard InChI is InChI=1S/C18H20FNO4S/c19-15-6-1-2-7-16(15)25(22,23)20-11-13-5-3-9-18(21,14(13)12-20)17-8-4-10-24-17/h1-2,4,6-8,10,13-14,21H,3,5,9,11-12H2. The van der Waals surface area contributed by atoms with E-state index in [9.17, 15) is 17.9 Å². The highest BCUT2D eigenvalue weighted by molar-refractivity contribution is 7.89. The molecule has 5 nitrogen and oxygen atoms in total. The minimum Gasteiger partial charge on any atom is -0.466 e. The van der Waals surface area contributed by atoms with E-state index in [1.54, 1.807) is 12.1 Å². The SMILES string of the molecule is O=S(=O)(c1ccccc1F)N1CC2CCCC(O)(c3ccco3)C2C1. The molecule has 1 saturated heterocycles. The number of halogens is 1. The van der Waals surface area contributed by atoms with Crippen molar-refractivity contribution in [3.05, 3.63) is 54.2 Å². The molecule has 1 aromatic heterocycles. The van der Waals surface area contributed by atoms with Crippen LogP contribution in [0.25, 0.3) is 0 Å². The van der Waals surface area contributed by atoms with Gasteiger partial charge in [0.1, 0.15) is 22.1 Å². The summed E-state index contributed by atoms with van der Waals surface area (Å²) in [6.07, 6.45) is 3.69. The Morgan fingerprint density at radius 2 is 2.00 bits per heavy atom. The van der Waals surface area contributed by atoms with Gasteiger partial charge in [-0.2, -0.15) is 4.31 Å². The van der Waals surface area contributed by atoms with Crippen LogP contribution in [0.3, 0.4) is 0 Å². The molecule has 4 rings (SSSR count). The third kappa shape index (κ3) is 2.61. The third-order valence-corrected chi connectivity index (χ3v) is 7.42. The highest BCUT2D eigenvalue weighted by Crippen LogP contribution is 2.49. The van der Waals surface area contributed by atoms with Crippen molar-refractivity contribution in [2.45, 2.75) is 29.8 Å². The van der Waals surface area contributed by atoms with E-state index >= 15 is 0 Å². The van der Waals surface area contributed by atoms with Crippen LogP contribution in [0, 0.1) is 17.7 Å². The Balaban J connectivity index is 1.67. The monoisotopic (exact) mass is 365 g/mol. The molecule has 7 heteroatoms. The first-order valence-corrected chi connectivity index (χ1v) is 9.88. The van der Waals surface area contributed by atoms with Gasteiger partial charge in [0.05, 0.1) is 6.26 Å². The Bertz CT molecular complexity index is 867. The van der Waals surface area contributed by atoms with Gasteiger partial charge in [-0.05, 0) is 49.4 Å². The van der Waals surface area contributed by atoms with Gasteiger partial charge in [-0.25, -0.2) is 12.8 Å². The van der Waals surface area contributed by atoms with Gasteiger partial charge < -0.3 is 9.52 Å². The molecule has 134 valence electrons. The smallest absolute Gasteiger partial charge is 0.246 e. The van der Waals surface area contributed by atoms with Crippen molar-refractivity contribution in [3.63, 3.8) is 0 Å². The zero-order chi connectivity index (χ0) is 17.7. The number of furan rings is 1. The normalized spacial score (nSPS) is 30.3. The fourth-order valence-electron chi connectivity index (χ4n) is 4.30. The lowest BCUT2D eigenvalue weighted by Gasteiger charge is -2.39. The predicted molar refractivity (Wildman–Crippen MR) is 88.6 cm³/mol. The number of rotatable bonds is 3. The van der Waals surface area contributed by atoms with E-state index in [0.717, 1.165) is 18.9 Å². The molecule has 2 heterocycles. The molecule has 0 bridgehead atoms. The number of nitrogens with zero attached hydrogens (tertiary/aromatic N) is 1. The lowest BCUT2D eigenvalue weighted by atomic mass is 9.69. The zero-order valence-electron chi connectivity index (χ0n) is 13.6. The van der Waals surface area contributed by atoms with E-state index in [0.29, 0.717) is 18.7 Å². The molecule has 0 amide bonds. The topological polar surface area (TPSA) is 70.8 Å². The molecule has 2 aromatic rings. The molecule has 1 saturated carbocycles. The van der Waals surface area contributed by atoms with Crippen molar-refractivity contribution < 1.29 is 22.3 Å². The highest BCUT2D eigenvalue weighted by atomic mass is 32.2. The minimum atomic E-state index is -3.93. The second-order valence-corrected chi connectivity index (χ2v) is 8.82. The molecule has 1 N–H and O–H groups in total.